The fraction of sp³-hybridized carbons (Fsp3) is 0.857. The summed E-state index contributed by atoms with van der Waals surface area (Å²) in [6.45, 7) is 5.88. The van der Waals surface area contributed by atoms with E-state index in [0.29, 0.717) is 25.0 Å². The van der Waals surface area contributed by atoms with Crippen LogP contribution in [0.1, 0.15) is 46.0 Å². The van der Waals surface area contributed by atoms with Crippen LogP contribution >= 0.6 is 24.0 Å². The van der Waals surface area contributed by atoms with Gasteiger partial charge in [0.25, 0.3) is 0 Å². The van der Waals surface area contributed by atoms with E-state index in [1.807, 2.05) is 0 Å². The summed E-state index contributed by atoms with van der Waals surface area (Å²) in [5.74, 6) is 1.82. The minimum atomic E-state index is 0. The molecule has 0 spiro atoms. The van der Waals surface area contributed by atoms with Crippen LogP contribution in [-0.4, -0.2) is 37.0 Å². The molecule has 0 heterocycles. The van der Waals surface area contributed by atoms with E-state index in [0.717, 1.165) is 37.7 Å². The number of halogens is 1. The Morgan fingerprint density at radius 3 is 2.55 bits per heavy atom. The van der Waals surface area contributed by atoms with Crippen LogP contribution in [0, 0.1) is 5.92 Å². The number of carbonyl (C=O) groups is 1. The molecule has 5 nitrogen and oxygen atoms in total. The molecule has 3 N–H and O–H groups in total. The van der Waals surface area contributed by atoms with E-state index >= 15 is 0 Å². The van der Waals surface area contributed by atoms with Crippen molar-refractivity contribution in [2.24, 2.45) is 10.9 Å². The molecule has 2 rings (SSSR count). The van der Waals surface area contributed by atoms with Crippen LogP contribution in [0.3, 0.4) is 0 Å². The second-order valence-corrected chi connectivity index (χ2v) is 5.67. The van der Waals surface area contributed by atoms with Crippen LogP contribution in [0.2, 0.25) is 0 Å². The van der Waals surface area contributed by atoms with Crippen LogP contribution in [0.5, 0.6) is 0 Å². The van der Waals surface area contributed by atoms with Crippen molar-refractivity contribution in [3.63, 3.8) is 0 Å². The number of guanidine groups is 1. The molecule has 0 saturated heterocycles. The van der Waals surface area contributed by atoms with Gasteiger partial charge in [-0.25, -0.2) is 0 Å². The molecule has 2 fully saturated rings. The van der Waals surface area contributed by atoms with Crippen LogP contribution in [0.15, 0.2) is 4.99 Å². The Bertz CT molecular complexity index is 344. The Kier molecular flexibility index (Phi) is 7.61. The van der Waals surface area contributed by atoms with Gasteiger partial charge in [0.15, 0.2) is 5.96 Å². The zero-order valence-corrected chi connectivity index (χ0v) is 14.8. The number of rotatable bonds is 7. The molecule has 0 aromatic rings. The van der Waals surface area contributed by atoms with Gasteiger partial charge in [0.2, 0.25) is 5.91 Å². The monoisotopic (exact) mass is 394 g/mol. The van der Waals surface area contributed by atoms with Gasteiger partial charge in [0.1, 0.15) is 0 Å². The molecule has 0 bridgehead atoms. The van der Waals surface area contributed by atoms with Crippen LogP contribution in [-0.2, 0) is 4.79 Å². The van der Waals surface area contributed by atoms with Crippen LogP contribution in [0.4, 0.5) is 0 Å². The maximum Gasteiger partial charge on any atom is 0.220 e. The van der Waals surface area contributed by atoms with Crippen molar-refractivity contribution in [1.29, 1.82) is 0 Å². The van der Waals surface area contributed by atoms with Crippen molar-refractivity contribution in [1.82, 2.24) is 16.0 Å². The van der Waals surface area contributed by atoms with E-state index in [1.165, 1.54) is 6.42 Å². The van der Waals surface area contributed by atoms with Gasteiger partial charge >= 0.3 is 0 Å². The number of nitrogens with zero attached hydrogens (tertiary/aromatic N) is 1. The zero-order chi connectivity index (χ0) is 13.7. The number of carbonyl (C=O) groups excluding carboxylic acids is 1. The van der Waals surface area contributed by atoms with E-state index < -0.39 is 0 Å². The topological polar surface area (TPSA) is 65.5 Å². The molecule has 116 valence electrons. The van der Waals surface area contributed by atoms with E-state index in [4.69, 9.17) is 0 Å². The Hall–Kier alpha value is -0.530. The molecule has 2 unspecified atom stereocenters. The molecule has 0 aliphatic heterocycles. The van der Waals surface area contributed by atoms with Crippen LogP contribution < -0.4 is 16.0 Å². The van der Waals surface area contributed by atoms with Gasteiger partial charge < -0.3 is 16.0 Å². The Morgan fingerprint density at radius 1 is 1.30 bits per heavy atom. The first kappa shape index (κ1) is 17.5. The molecule has 6 heteroatoms. The fourth-order valence-electron chi connectivity index (χ4n) is 1.98. The number of hydrogen-bond donors (Lipinski definition) is 3. The predicted molar refractivity (Wildman–Crippen MR) is 92.5 cm³/mol. The quantitative estimate of drug-likeness (QED) is 0.266. The normalized spacial score (nSPS) is 24.6. The first-order valence-electron chi connectivity index (χ1n) is 7.53. The molecule has 0 radical (unpaired) electrons. The van der Waals surface area contributed by atoms with Gasteiger partial charge in [-0.15, -0.1) is 24.0 Å². The molecule has 0 aromatic carbocycles. The van der Waals surface area contributed by atoms with Gasteiger partial charge in [-0.3, -0.25) is 9.79 Å². The summed E-state index contributed by atoms with van der Waals surface area (Å²) >= 11 is 0. The molecular formula is C14H27IN4O. The van der Waals surface area contributed by atoms with Gasteiger partial charge in [-0.05, 0) is 38.5 Å². The van der Waals surface area contributed by atoms with Crippen molar-refractivity contribution in [2.75, 3.05) is 13.1 Å². The lowest BCUT2D eigenvalue weighted by molar-refractivity contribution is -0.121. The number of hydrogen-bond acceptors (Lipinski definition) is 2. The van der Waals surface area contributed by atoms with Crippen molar-refractivity contribution < 1.29 is 4.79 Å². The lowest BCUT2D eigenvalue weighted by Gasteiger charge is -2.10. The molecule has 2 aliphatic rings. The highest BCUT2D eigenvalue weighted by Crippen LogP contribution is 2.28. The highest BCUT2D eigenvalue weighted by molar-refractivity contribution is 14.0. The maximum absolute atomic E-state index is 11.5. The van der Waals surface area contributed by atoms with Crippen molar-refractivity contribution in [3.8, 4) is 0 Å². The van der Waals surface area contributed by atoms with E-state index in [-0.39, 0.29) is 29.9 Å². The van der Waals surface area contributed by atoms with Crippen LogP contribution in [0.25, 0.3) is 0 Å². The summed E-state index contributed by atoms with van der Waals surface area (Å²) in [6.07, 6.45) is 4.93. The van der Waals surface area contributed by atoms with Crippen molar-refractivity contribution in [2.45, 2.75) is 58.0 Å². The van der Waals surface area contributed by atoms with E-state index in [1.54, 1.807) is 0 Å². The first-order chi connectivity index (χ1) is 9.19. The number of aliphatic imine (C=N–C) groups is 1. The van der Waals surface area contributed by atoms with E-state index in [9.17, 15) is 4.79 Å². The minimum absolute atomic E-state index is 0. The Labute approximate surface area is 138 Å². The molecule has 0 aromatic heterocycles. The van der Waals surface area contributed by atoms with Gasteiger partial charge in [-0.2, -0.15) is 0 Å². The van der Waals surface area contributed by atoms with Gasteiger partial charge in [0, 0.05) is 31.6 Å². The van der Waals surface area contributed by atoms with E-state index in [2.05, 4.69) is 34.8 Å². The average Bonchev–Trinajstić information content (AvgIpc) is 3.26. The molecular weight excluding hydrogens is 367 g/mol. The summed E-state index contributed by atoms with van der Waals surface area (Å²) in [7, 11) is 0. The number of amides is 1. The predicted octanol–water partition coefficient (Wildman–Crippen LogP) is 1.63. The zero-order valence-electron chi connectivity index (χ0n) is 12.4. The lowest BCUT2D eigenvalue weighted by Crippen LogP contribution is -2.39. The molecule has 2 saturated carbocycles. The largest absolute Gasteiger partial charge is 0.357 e. The smallest absolute Gasteiger partial charge is 0.220 e. The fourth-order valence-corrected chi connectivity index (χ4v) is 1.98. The minimum Gasteiger partial charge on any atom is -0.357 e. The van der Waals surface area contributed by atoms with Gasteiger partial charge in [0.05, 0.1) is 0 Å². The molecule has 20 heavy (non-hydrogen) atoms. The standard InChI is InChI=1S/C14H26N4O.HI/c1-3-15-14(18-12-9-10(12)2)16-8-4-5-13(19)17-11-6-7-11;/h10-12H,3-9H2,1-2H3,(H,17,19)(H2,15,16,18);1H. The highest BCUT2D eigenvalue weighted by Gasteiger charge is 2.33. The third-order valence-corrected chi connectivity index (χ3v) is 3.55. The molecule has 2 aliphatic carbocycles. The average molecular weight is 394 g/mol. The summed E-state index contributed by atoms with van der Waals surface area (Å²) in [4.78, 5) is 16.0. The summed E-state index contributed by atoms with van der Waals surface area (Å²) < 4.78 is 0. The van der Waals surface area contributed by atoms with Crippen molar-refractivity contribution >= 4 is 35.8 Å². The van der Waals surface area contributed by atoms with Gasteiger partial charge in [-0.1, -0.05) is 6.92 Å². The highest BCUT2D eigenvalue weighted by atomic mass is 127. The van der Waals surface area contributed by atoms with Crippen molar-refractivity contribution in [3.05, 3.63) is 0 Å². The lowest BCUT2D eigenvalue weighted by atomic mass is 10.3. The summed E-state index contributed by atoms with van der Waals surface area (Å²) in [5.41, 5.74) is 0. The molecule has 2 atom stereocenters. The Balaban J connectivity index is 0.00000200. The SMILES string of the molecule is CCNC(=NCCCC(=O)NC1CC1)NC1CC1C.I. The second kappa shape index (κ2) is 8.69. The Morgan fingerprint density at radius 2 is 2.00 bits per heavy atom. The second-order valence-electron chi connectivity index (χ2n) is 5.67. The first-order valence-corrected chi connectivity index (χ1v) is 7.53. The summed E-state index contributed by atoms with van der Waals surface area (Å²) in [5, 5.41) is 9.65. The maximum atomic E-state index is 11.5. The molecule has 1 amide bonds. The third kappa shape index (κ3) is 6.76. The third-order valence-electron chi connectivity index (χ3n) is 3.55. The number of nitrogens with one attached hydrogen (secondary N) is 3. The summed E-state index contributed by atoms with van der Waals surface area (Å²) in [6, 6.07) is 1.04.